The number of hydrogen-bond donors (Lipinski definition) is 0. The van der Waals surface area contributed by atoms with Gasteiger partial charge in [0.1, 0.15) is 0 Å². The Morgan fingerprint density at radius 3 is 2.60 bits per heavy atom. The number of carbonyl (C=O) groups is 1. The Hall–Kier alpha value is -2.10. The summed E-state index contributed by atoms with van der Waals surface area (Å²) in [6, 6.07) is 11.6. The first-order chi connectivity index (χ1) is 9.79. The molecule has 1 aromatic carbocycles. The van der Waals surface area contributed by atoms with E-state index in [0.29, 0.717) is 11.6 Å². The largest absolute Gasteiger partial charge is 0.464 e. The van der Waals surface area contributed by atoms with Gasteiger partial charge in [0, 0.05) is 5.92 Å². The fraction of sp³-hybridized carbons (Fsp3) is 0.375. The molecule has 4 heteroatoms. The summed E-state index contributed by atoms with van der Waals surface area (Å²) in [6.07, 6.45) is 4.81. The van der Waals surface area contributed by atoms with Crippen LogP contribution >= 0.6 is 0 Å². The lowest BCUT2D eigenvalue weighted by Gasteiger charge is -2.06. The minimum absolute atomic E-state index is 0.342. The number of nitrogens with zero attached hydrogens (tertiary/aromatic N) is 2. The molecule has 0 aliphatic heterocycles. The van der Waals surface area contributed by atoms with Crippen LogP contribution in [-0.4, -0.2) is 22.9 Å². The number of aromatic nitrogens is 2. The third-order valence-corrected chi connectivity index (χ3v) is 3.90. The third-order valence-electron chi connectivity index (χ3n) is 3.90. The number of methoxy groups -OCH3 is 1. The number of benzene rings is 1. The molecule has 0 atom stereocenters. The van der Waals surface area contributed by atoms with Gasteiger partial charge in [0.15, 0.2) is 5.69 Å². The predicted octanol–water partition coefficient (Wildman–Crippen LogP) is 3.32. The Balaban J connectivity index is 2.04. The van der Waals surface area contributed by atoms with Crippen LogP contribution in [0.15, 0.2) is 36.4 Å². The second kappa shape index (κ2) is 5.49. The first kappa shape index (κ1) is 12.9. The molecule has 104 valence electrons. The summed E-state index contributed by atoms with van der Waals surface area (Å²) in [5.74, 6) is 0.133. The van der Waals surface area contributed by atoms with E-state index < -0.39 is 0 Å². The molecule has 4 nitrogen and oxygen atoms in total. The number of ether oxygens (including phenoxy) is 1. The molecule has 1 fully saturated rings. The molecule has 1 aliphatic rings. The van der Waals surface area contributed by atoms with E-state index in [1.165, 1.54) is 20.0 Å². The SMILES string of the molecule is COC(=O)c1cc(C2CCCC2)nn1-c1ccccc1. The number of carbonyl (C=O) groups excluding carboxylic acids is 1. The summed E-state index contributed by atoms with van der Waals surface area (Å²) in [5, 5.41) is 4.65. The monoisotopic (exact) mass is 270 g/mol. The van der Waals surface area contributed by atoms with Crippen molar-refractivity contribution < 1.29 is 9.53 Å². The summed E-state index contributed by atoms with van der Waals surface area (Å²) in [5.41, 5.74) is 2.39. The molecule has 1 heterocycles. The smallest absolute Gasteiger partial charge is 0.356 e. The van der Waals surface area contributed by atoms with E-state index in [9.17, 15) is 4.79 Å². The first-order valence-corrected chi connectivity index (χ1v) is 7.03. The third kappa shape index (κ3) is 2.33. The molecule has 0 unspecified atom stereocenters. The number of rotatable bonds is 3. The topological polar surface area (TPSA) is 44.1 Å². The fourth-order valence-electron chi connectivity index (χ4n) is 2.84. The van der Waals surface area contributed by atoms with Crippen LogP contribution in [-0.2, 0) is 4.74 Å². The molecule has 2 aromatic rings. The van der Waals surface area contributed by atoms with Crippen LogP contribution in [0.2, 0.25) is 0 Å². The Labute approximate surface area is 118 Å². The molecular weight excluding hydrogens is 252 g/mol. The van der Waals surface area contributed by atoms with Crippen molar-refractivity contribution in [3.05, 3.63) is 47.8 Å². The Kier molecular flexibility index (Phi) is 3.54. The summed E-state index contributed by atoms with van der Waals surface area (Å²) >= 11 is 0. The molecule has 0 spiro atoms. The standard InChI is InChI=1S/C16H18N2O2/c1-20-16(19)15-11-14(12-7-5-6-8-12)17-18(15)13-9-3-2-4-10-13/h2-4,9-12H,5-8H2,1H3. The number of hydrogen-bond acceptors (Lipinski definition) is 3. The molecule has 1 aliphatic carbocycles. The second-order valence-corrected chi connectivity index (χ2v) is 5.17. The number of para-hydroxylation sites is 1. The van der Waals surface area contributed by atoms with Crippen LogP contribution in [0, 0.1) is 0 Å². The lowest BCUT2D eigenvalue weighted by Crippen LogP contribution is -2.10. The van der Waals surface area contributed by atoms with Crippen LogP contribution in [0.4, 0.5) is 0 Å². The van der Waals surface area contributed by atoms with Crippen LogP contribution in [0.3, 0.4) is 0 Å². The summed E-state index contributed by atoms with van der Waals surface area (Å²) < 4.78 is 6.57. The van der Waals surface area contributed by atoms with Crippen molar-refractivity contribution in [2.45, 2.75) is 31.6 Å². The van der Waals surface area contributed by atoms with E-state index in [-0.39, 0.29) is 5.97 Å². The van der Waals surface area contributed by atoms with E-state index in [0.717, 1.165) is 24.2 Å². The van der Waals surface area contributed by atoms with Crippen molar-refractivity contribution in [1.29, 1.82) is 0 Å². The average molecular weight is 270 g/mol. The van der Waals surface area contributed by atoms with E-state index in [4.69, 9.17) is 4.74 Å². The lowest BCUT2D eigenvalue weighted by atomic mass is 10.0. The molecular formula is C16H18N2O2. The van der Waals surface area contributed by atoms with E-state index in [1.807, 2.05) is 36.4 Å². The van der Waals surface area contributed by atoms with Gasteiger partial charge in [-0.3, -0.25) is 0 Å². The average Bonchev–Trinajstić information content (AvgIpc) is 3.16. The summed E-state index contributed by atoms with van der Waals surface area (Å²) in [6.45, 7) is 0. The first-order valence-electron chi connectivity index (χ1n) is 7.03. The van der Waals surface area contributed by atoms with Crippen molar-refractivity contribution in [3.8, 4) is 5.69 Å². The van der Waals surface area contributed by atoms with Gasteiger partial charge < -0.3 is 4.74 Å². The van der Waals surface area contributed by atoms with Gasteiger partial charge in [0.25, 0.3) is 0 Å². The molecule has 0 bridgehead atoms. The minimum atomic E-state index is -0.342. The molecule has 1 saturated carbocycles. The van der Waals surface area contributed by atoms with Crippen molar-refractivity contribution in [3.63, 3.8) is 0 Å². The normalized spacial score (nSPS) is 15.4. The molecule has 3 rings (SSSR count). The molecule has 0 saturated heterocycles. The highest BCUT2D eigenvalue weighted by atomic mass is 16.5. The van der Waals surface area contributed by atoms with Crippen LogP contribution < -0.4 is 0 Å². The number of esters is 1. The zero-order valence-electron chi connectivity index (χ0n) is 11.6. The van der Waals surface area contributed by atoms with Gasteiger partial charge in [0.05, 0.1) is 18.5 Å². The highest BCUT2D eigenvalue weighted by Gasteiger charge is 2.24. The van der Waals surface area contributed by atoms with Crippen LogP contribution in [0.1, 0.15) is 47.8 Å². The van der Waals surface area contributed by atoms with Gasteiger partial charge in [-0.2, -0.15) is 5.10 Å². The van der Waals surface area contributed by atoms with Crippen LogP contribution in [0.25, 0.3) is 5.69 Å². The minimum Gasteiger partial charge on any atom is -0.464 e. The van der Waals surface area contributed by atoms with Gasteiger partial charge in [-0.15, -0.1) is 0 Å². The van der Waals surface area contributed by atoms with Gasteiger partial charge >= 0.3 is 5.97 Å². The van der Waals surface area contributed by atoms with Gasteiger partial charge in [0.2, 0.25) is 0 Å². The quantitative estimate of drug-likeness (QED) is 0.804. The maximum Gasteiger partial charge on any atom is 0.356 e. The lowest BCUT2D eigenvalue weighted by molar-refractivity contribution is 0.0590. The molecule has 20 heavy (non-hydrogen) atoms. The zero-order valence-corrected chi connectivity index (χ0v) is 11.6. The van der Waals surface area contributed by atoms with Crippen molar-refractivity contribution >= 4 is 5.97 Å². The van der Waals surface area contributed by atoms with Crippen molar-refractivity contribution in [2.75, 3.05) is 7.11 Å². The molecule has 0 N–H and O–H groups in total. The van der Waals surface area contributed by atoms with E-state index >= 15 is 0 Å². The van der Waals surface area contributed by atoms with Crippen molar-refractivity contribution in [1.82, 2.24) is 9.78 Å². The zero-order chi connectivity index (χ0) is 13.9. The van der Waals surface area contributed by atoms with Gasteiger partial charge in [-0.05, 0) is 31.0 Å². The summed E-state index contributed by atoms with van der Waals surface area (Å²) in [4.78, 5) is 12.0. The molecule has 0 amide bonds. The van der Waals surface area contributed by atoms with Gasteiger partial charge in [-0.25, -0.2) is 9.48 Å². The van der Waals surface area contributed by atoms with E-state index in [1.54, 1.807) is 4.68 Å². The van der Waals surface area contributed by atoms with Gasteiger partial charge in [-0.1, -0.05) is 31.0 Å². The predicted molar refractivity (Wildman–Crippen MR) is 76.1 cm³/mol. The molecule has 1 aromatic heterocycles. The maximum absolute atomic E-state index is 12.0. The summed E-state index contributed by atoms with van der Waals surface area (Å²) in [7, 11) is 1.40. The fourth-order valence-corrected chi connectivity index (χ4v) is 2.84. The van der Waals surface area contributed by atoms with E-state index in [2.05, 4.69) is 5.10 Å². The maximum atomic E-state index is 12.0. The van der Waals surface area contributed by atoms with Crippen molar-refractivity contribution in [2.24, 2.45) is 0 Å². The van der Waals surface area contributed by atoms with Crippen LogP contribution in [0.5, 0.6) is 0 Å². The Bertz CT molecular complexity index is 598. The highest BCUT2D eigenvalue weighted by Crippen LogP contribution is 2.34. The Morgan fingerprint density at radius 2 is 1.95 bits per heavy atom. The molecule has 0 radical (unpaired) electrons. The second-order valence-electron chi connectivity index (χ2n) is 5.17. The Morgan fingerprint density at radius 1 is 1.25 bits per heavy atom. The highest BCUT2D eigenvalue weighted by molar-refractivity contribution is 5.88.